The molecule has 4 nitrogen and oxygen atoms in total. The Labute approximate surface area is 94.1 Å². The summed E-state index contributed by atoms with van der Waals surface area (Å²) in [7, 11) is 0. The van der Waals surface area contributed by atoms with Crippen molar-refractivity contribution in [2.75, 3.05) is 6.61 Å². The number of para-hydroxylation sites is 1. The van der Waals surface area contributed by atoms with Crippen molar-refractivity contribution in [1.29, 1.82) is 0 Å². The average molecular weight is 218 g/mol. The van der Waals surface area contributed by atoms with E-state index in [1.807, 2.05) is 41.2 Å². The van der Waals surface area contributed by atoms with Crippen molar-refractivity contribution in [3.63, 3.8) is 0 Å². The maximum atomic E-state index is 9.10. The number of aliphatic hydroxyl groups excluding tert-OH is 1. The second-order valence-corrected chi connectivity index (χ2v) is 3.38. The van der Waals surface area contributed by atoms with Gasteiger partial charge in [-0.3, -0.25) is 4.68 Å². The standard InChI is InChI=1S/C12H14N2O2/c15-10-11-4-1-2-5-12(11)16-9-8-14-7-3-6-13-14/h1-7,15H,8-10H2. The summed E-state index contributed by atoms with van der Waals surface area (Å²) in [5.74, 6) is 0.733. The van der Waals surface area contributed by atoms with Gasteiger partial charge in [-0.15, -0.1) is 0 Å². The number of aromatic nitrogens is 2. The molecule has 0 atom stereocenters. The number of hydrogen-bond acceptors (Lipinski definition) is 3. The van der Waals surface area contributed by atoms with Crippen LogP contribution >= 0.6 is 0 Å². The molecule has 16 heavy (non-hydrogen) atoms. The quantitative estimate of drug-likeness (QED) is 0.826. The summed E-state index contributed by atoms with van der Waals surface area (Å²) in [4.78, 5) is 0. The molecule has 0 saturated heterocycles. The molecule has 2 aromatic rings. The van der Waals surface area contributed by atoms with Crippen LogP contribution in [0.25, 0.3) is 0 Å². The third-order valence-corrected chi connectivity index (χ3v) is 2.28. The van der Waals surface area contributed by atoms with Gasteiger partial charge in [-0.2, -0.15) is 5.10 Å². The van der Waals surface area contributed by atoms with Gasteiger partial charge in [0.05, 0.1) is 13.2 Å². The Bertz CT molecular complexity index is 426. The van der Waals surface area contributed by atoms with Gasteiger partial charge in [0.25, 0.3) is 0 Å². The maximum Gasteiger partial charge on any atom is 0.124 e. The van der Waals surface area contributed by atoms with Crippen LogP contribution in [-0.4, -0.2) is 21.5 Å². The zero-order chi connectivity index (χ0) is 11.2. The molecular formula is C12H14N2O2. The van der Waals surface area contributed by atoms with Gasteiger partial charge < -0.3 is 9.84 Å². The van der Waals surface area contributed by atoms with Gasteiger partial charge in [-0.05, 0) is 12.1 Å². The third kappa shape index (κ3) is 2.61. The maximum absolute atomic E-state index is 9.10. The van der Waals surface area contributed by atoms with Crippen LogP contribution in [0.4, 0.5) is 0 Å². The van der Waals surface area contributed by atoms with Gasteiger partial charge in [0, 0.05) is 18.0 Å². The van der Waals surface area contributed by atoms with Crippen molar-refractivity contribution >= 4 is 0 Å². The van der Waals surface area contributed by atoms with Crippen molar-refractivity contribution in [1.82, 2.24) is 9.78 Å². The molecule has 0 amide bonds. The summed E-state index contributed by atoms with van der Waals surface area (Å²) in [5, 5.41) is 13.2. The lowest BCUT2D eigenvalue weighted by atomic mass is 10.2. The molecule has 0 radical (unpaired) electrons. The topological polar surface area (TPSA) is 47.3 Å². The van der Waals surface area contributed by atoms with Gasteiger partial charge in [0.2, 0.25) is 0 Å². The van der Waals surface area contributed by atoms with Gasteiger partial charge in [-0.1, -0.05) is 18.2 Å². The lowest BCUT2D eigenvalue weighted by Crippen LogP contribution is -2.09. The highest BCUT2D eigenvalue weighted by Crippen LogP contribution is 2.17. The minimum absolute atomic E-state index is 0.00204. The monoisotopic (exact) mass is 218 g/mol. The molecule has 0 unspecified atom stereocenters. The van der Waals surface area contributed by atoms with Crippen LogP contribution in [0.15, 0.2) is 42.7 Å². The smallest absolute Gasteiger partial charge is 0.124 e. The Hall–Kier alpha value is -1.81. The van der Waals surface area contributed by atoms with E-state index in [1.165, 1.54) is 0 Å². The fourth-order valence-electron chi connectivity index (χ4n) is 1.46. The van der Waals surface area contributed by atoms with Crippen molar-refractivity contribution in [3.8, 4) is 5.75 Å². The Morgan fingerprint density at radius 2 is 2.12 bits per heavy atom. The average Bonchev–Trinajstić information content (AvgIpc) is 2.83. The molecule has 4 heteroatoms. The Morgan fingerprint density at radius 3 is 2.88 bits per heavy atom. The molecule has 1 aromatic heterocycles. The summed E-state index contributed by atoms with van der Waals surface area (Å²) in [6, 6.07) is 9.36. The number of hydrogen-bond donors (Lipinski definition) is 1. The molecule has 0 spiro atoms. The molecule has 84 valence electrons. The molecular weight excluding hydrogens is 204 g/mol. The molecule has 0 aliphatic heterocycles. The van der Waals surface area contributed by atoms with Crippen LogP contribution in [-0.2, 0) is 13.2 Å². The minimum atomic E-state index is -0.00204. The van der Waals surface area contributed by atoms with Gasteiger partial charge in [-0.25, -0.2) is 0 Å². The van der Waals surface area contributed by atoms with Crippen LogP contribution < -0.4 is 4.74 Å². The predicted molar refractivity (Wildman–Crippen MR) is 60.1 cm³/mol. The molecule has 0 fully saturated rings. The lowest BCUT2D eigenvalue weighted by Gasteiger charge is -2.09. The fourth-order valence-corrected chi connectivity index (χ4v) is 1.46. The second kappa shape index (κ2) is 5.32. The summed E-state index contributed by atoms with van der Waals surface area (Å²) in [6.07, 6.45) is 3.63. The molecule has 1 heterocycles. The Kier molecular flexibility index (Phi) is 3.56. The van der Waals surface area contributed by atoms with Gasteiger partial charge >= 0.3 is 0 Å². The highest BCUT2D eigenvalue weighted by Gasteiger charge is 2.00. The number of aliphatic hydroxyl groups is 1. The minimum Gasteiger partial charge on any atom is -0.491 e. The van der Waals surface area contributed by atoms with Crippen LogP contribution in [0.3, 0.4) is 0 Å². The van der Waals surface area contributed by atoms with E-state index in [-0.39, 0.29) is 6.61 Å². The van der Waals surface area contributed by atoms with Crippen LogP contribution in [0, 0.1) is 0 Å². The van der Waals surface area contributed by atoms with Crippen LogP contribution in [0.5, 0.6) is 5.75 Å². The van der Waals surface area contributed by atoms with Crippen molar-refractivity contribution in [3.05, 3.63) is 48.3 Å². The van der Waals surface area contributed by atoms with E-state index < -0.39 is 0 Å². The molecule has 0 aliphatic carbocycles. The number of nitrogens with zero attached hydrogens (tertiary/aromatic N) is 2. The highest BCUT2D eigenvalue weighted by atomic mass is 16.5. The molecule has 1 aromatic carbocycles. The van der Waals surface area contributed by atoms with Crippen molar-refractivity contribution in [2.45, 2.75) is 13.2 Å². The number of ether oxygens (including phenoxy) is 1. The summed E-state index contributed by atoms with van der Waals surface area (Å²) in [6.45, 7) is 1.24. The van der Waals surface area contributed by atoms with E-state index in [1.54, 1.807) is 6.20 Å². The zero-order valence-electron chi connectivity index (χ0n) is 8.91. The van der Waals surface area contributed by atoms with E-state index in [0.717, 1.165) is 11.3 Å². The van der Waals surface area contributed by atoms with Crippen molar-refractivity contribution < 1.29 is 9.84 Å². The molecule has 0 aliphatic rings. The first kappa shape index (κ1) is 10.7. The van der Waals surface area contributed by atoms with E-state index in [9.17, 15) is 0 Å². The Morgan fingerprint density at radius 1 is 1.25 bits per heavy atom. The SMILES string of the molecule is OCc1ccccc1OCCn1cccn1. The summed E-state index contributed by atoms with van der Waals surface area (Å²) >= 11 is 0. The number of benzene rings is 1. The van der Waals surface area contributed by atoms with Gasteiger partial charge in [0.15, 0.2) is 0 Å². The van der Waals surface area contributed by atoms with Gasteiger partial charge in [0.1, 0.15) is 12.4 Å². The summed E-state index contributed by atoms with van der Waals surface area (Å²) < 4.78 is 7.39. The normalized spacial score (nSPS) is 10.3. The van der Waals surface area contributed by atoms with E-state index in [4.69, 9.17) is 9.84 Å². The predicted octanol–water partition coefficient (Wildman–Crippen LogP) is 1.45. The fraction of sp³-hybridized carbons (Fsp3) is 0.250. The van der Waals surface area contributed by atoms with Crippen molar-refractivity contribution in [2.24, 2.45) is 0 Å². The zero-order valence-corrected chi connectivity index (χ0v) is 8.91. The molecule has 0 bridgehead atoms. The molecule has 1 N–H and O–H groups in total. The lowest BCUT2D eigenvalue weighted by molar-refractivity contribution is 0.255. The molecule has 0 saturated carbocycles. The molecule has 2 rings (SSSR count). The van der Waals surface area contributed by atoms with Crippen LogP contribution in [0.1, 0.15) is 5.56 Å². The van der Waals surface area contributed by atoms with Crippen LogP contribution in [0.2, 0.25) is 0 Å². The van der Waals surface area contributed by atoms with E-state index >= 15 is 0 Å². The summed E-state index contributed by atoms with van der Waals surface area (Å²) in [5.41, 5.74) is 0.808. The first-order chi connectivity index (χ1) is 7.90. The first-order valence-corrected chi connectivity index (χ1v) is 5.19. The largest absolute Gasteiger partial charge is 0.491 e. The van der Waals surface area contributed by atoms with E-state index in [0.29, 0.717) is 13.2 Å². The highest BCUT2D eigenvalue weighted by molar-refractivity contribution is 5.32. The second-order valence-electron chi connectivity index (χ2n) is 3.38. The number of rotatable bonds is 5. The third-order valence-electron chi connectivity index (χ3n) is 2.28. The Balaban J connectivity index is 1.89. The first-order valence-electron chi connectivity index (χ1n) is 5.19. The van der Waals surface area contributed by atoms with E-state index in [2.05, 4.69) is 5.10 Å².